The maximum atomic E-state index is 5.98. The monoisotopic (exact) mass is 483 g/mol. The van der Waals surface area contributed by atoms with E-state index in [1.54, 1.807) is 0 Å². The van der Waals surface area contributed by atoms with E-state index in [1.807, 2.05) is 13.1 Å². The summed E-state index contributed by atoms with van der Waals surface area (Å²) >= 11 is 0. The Morgan fingerprint density at radius 1 is 1.09 bits per heavy atom. The van der Waals surface area contributed by atoms with Gasteiger partial charge in [-0.25, -0.2) is 20.0 Å². The van der Waals surface area contributed by atoms with Crippen LogP contribution in [0, 0.1) is 20.8 Å². The molecule has 0 spiro atoms. The summed E-state index contributed by atoms with van der Waals surface area (Å²) in [6.07, 6.45) is 11.5. The number of nitrogens with zero attached hydrogens (tertiary/aromatic N) is 5. The summed E-state index contributed by atoms with van der Waals surface area (Å²) in [5.74, 6) is 2.63. The molecule has 0 aliphatic carbocycles. The Kier molecular flexibility index (Phi) is 7.65. The molecule has 34 heavy (non-hydrogen) atoms. The molecule has 1 fully saturated rings. The minimum Gasteiger partial charge on any atom is -0.360 e. The zero-order valence-corrected chi connectivity index (χ0v) is 22.8. The normalized spacial score (nSPS) is 19.0. The van der Waals surface area contributed by atoms with Gasteiger partial charge >= 0.3 is 0 Å². The van der Waals surface area contributed by atoms with Gasteiger partial charge in [0.1, 0.15) is 18.1 Å². The molecule has 0 amide bonds. The molecule has 0 N–H and O–H groups in total. The standard InChI is InChI=1S/C27H41N5OS/c1-19-13-24(14-20(2)29-19)23-9-8-10-31(17-23)21(3)25-15-26-27(28-16-25)32(22(4)30-26)18-33-11-12-34(5,6)7/h13-16,21,23H,8-12,17-18H2,1-7H3. The lowest BCUT2D eigenvalue weighted by atomic mass is 9.89. The van der Waals surface area contributed by atoms with Gasteiger partial charge < -0.3 is 4.74 Å². The maximum absolute atomic E-state index is 5.98. The number of likely N-dealkylation sites (tertiary alicyclic amines) is 1. The summed E-state index contributed by atoms with van der Waals surface area (Å²) in [7, 11) is -0.543. The number of hydrogen-bond acceptors (Lipinski definition) is 5. The molecule has 1 saturated heterocycles. The van der Waals surface area contributed by atoms with Crippen molar-refractivity contribution in [3.05, 3.63) is 52.7 Å². The lowest BCUT2D eigenvalue weighted by Crippen LogP contribution is -2.36. The molecule has 186 valence electrons. The van der Waals surface area contributed by atoms with Crippen molar-refractivity contribution < 1.29 is 4.74 Å². The van der Waals surface area contributed by atoms with E-state index in [2.05, 4.69) is 72.2 Å². The van der Waals surface area contributed by atoms with Gasteiger partial charge in [0.2, 0.25) is 0 Å². The van der Waals surface area contributed by atoms with Gasteiger partial charge in [-0.2, -0.15) is 0 Å². The highest BCUT2D eigenvalue weighted by Crippen LogP contribution is 2.34. The number of aryl methyl sites for hydroxylation is 3. The van der Waals surface area contributed by atoms with Gasteiger partial charge in [-0.1, -0.05) is 0 Å². The molecule has 1 aliphatic rings. The first-order valence-electron chi connectivity index (χ1n) is 12.4. The third-order valence-electron chi connectivity index (χ3n) is 6.92. The average molecular weight is 484 g/mol. The van der Waals surface area contributed by atoms with Crippen molar-refractivity contribution in [1.82, 2.24) is 24.4 Å². The topological polar surface area (TPSA) is 56.1 Å². The summed E-state index contributed by atoms with van der Waals surface area (Å²) in [5.41, 5.74) is 6.76. The number of hydrogen-bond donors (Lipinski definition) is 0. The predicted octanol–water partition coefficient (Wildman–Crippen LogP) is 5.36. The van der Waals surface area contributed by atoms with Gasteiger partial charge in [0.25, 0.3) is 0 Å². The van der Waals surface area contributed by atoms with E-state index in [-0.39, 0.29) is 0 Å². The number of rotatable bonds is 8. The van der Waals surface area contributed by atoms with Crippen molar-refractivity contribution in [1.29, 1.82) is 0 Å². The Morgan fingerprint density at radius 3 is 2.53 bits per heavy atom. The average Bonchev–Trinajstić information content (AvgIpc) is 3.09. The molecular formula is C27H41N5OS. The van der Waals surface area contributed by atoms with Crippen molar-refractivity contribution >= 4 is 21.2 Å². The van der Waals surface area contributed by atoms with Crippen LogP contribution in [0.5, 0.6) is 0 Å². The van der Waals surface area contributed by atoms with Crippen LogP contribution < -0.4 is 0 Å². The first kappa shape index (κ1) is 25.1. The lowest BCUT2D eigenvalue weighted by Gasteiger charge is -2.37. The fourth-order valence-corrected chi connectivity index (χ4v) is 5.55. The quantitative estimate of drug-likeness (QED) is 0.404. The molecule has 6 nitrogen and oxygen atoms in total. The number of aromatic nitrogens is 4. The molecule has 0 radical (unpaired) electrons. The number of ether oxygens (including phenoxy) is 1. The van der Waals surface area contributed by atoms with Crippen LogP contribution >= 0.6 is 10.0 Å². The number of imidazole rings is 1. The van der Waals surface area contributed by atoms with E-state index >= 15 is 0 Å². The van der Waals surface area contributed by atoms with Crippen LogP contribution in [0.3, 0.4) is 0 Å². The van der Waals surface area contributed by atoms with E-state index < -0.39 is 10.0 Å². The summed E-state index contributed by atoms with van der Waals surface area (Å²) in [5, 5.41) is 0. The van der Waals surface area contributed by atoms with Crippen molar-refractivity contribution in [2.24, 2.45) is 0 Å². The number of piperidine rings is 1. The van der Waals surface area contributed by atoms with Gasteiger partial charge in [-0.05, 0) is 101 Å². The molecule has 0 saturated carbocycles. The van der Waals surface area contributed by atoms with Crippen LogP contribution in [-0.4, -0.2) is 68.6 Å². The number of pyridine rings is 2. The SMILES string of the molecule is Cc1cc(C2CCCN(C(C)c3cnc4c(c3)nc(C)n4COCCS(C)(C)C)C2)cc(C)n1. The van der Waals surface area contributed by atoms with Crippen LogP contribution in [0.4, 0.5) is 0 Å². The second kappa shape index (κ2) is 10.3. The number of fused-ring (bicyclic) bond motifs is 1. The van der Waals surface area contributed by atoms with Gasteiger partial charge in [-0.15, -0.1) is 0 Å². The summed E-state index contributed by atoms with van der Waals surface area (Å²) in [6.45, 7) is 12.0. The highest BCUT2D eigenvalue weighted by molar-refractivity contribution is 8.32. The minimum atomic E-state index is -0.543. The molecule has 1 aliphatic heterocycles. The van der Waals surface area contributed by atoms with E-state index in [0.717, 1.165) is 53.8 Å². The third kappa shape index (κ3) is 5.99. The second-order valence-electron chi connectivity index (χ2n) is 10.7. The summed E-state index contributed by atoms with van der Waals surface area (Å²) in [6, 6.07) is 7.06. The maximum Gasteiger partial charge on any atom is 0.161 e. The van der Waals surface area contributed by atoms with Gasteiger partial charge in [0.15, 0.2) is 5.65 Å². The smallest absolute Gasteiger partial charge is 0.161 e. The van der Waals surface area contributed by atoms with E-state index in [4.69, 9.17) is 14.7 Å². The van der Waals surface area contributed by atoms with Crippen LogP contribution in [0.2, 0.25) is 0 Å². The molecule has 7 heteroatoms. The Labute approximate surface area is 206 Å². The molecule has 4 rings (SSSR count). The van der Waals surface area contributed by atoms with E-state index in [0.29, 0.717) is 18.7 Å². The van der Waals surface area contributed by atoms with Crippen molar-refractivity contribution in [2.75, 3.05) is 44.2 Å². The van der Waals surface area contributed by atoms with Gasteiger partial charge in [-0.3, -0.25) is 14.5 Å². The van der Waals surface area contributed by atoms with Gasteiger partial charge in [0.05, 0.1) is 6.61 Å². The molecule has 2 atom stereocenters. The predicted molar refractivity (Wildman–Crippen MR) is 144 cm³/mol. The Morgan fingerprint density at radius 2 is 1.82 bits per heavy atom. The van der Waals surface area contributed by atoms with Crippen molar-refractivity contribution in [3.8, 4) is 0 Å². The van der Waals surface area contributed by atoms with E-state index in [1.165, 1.54) is 24.0 Å². The first-order valence-corrected chi connectivity index (χ1v) is 15.4. The molecular weight excluding hydrogens is 442 g/mol. The molecule has 3 aromatic heterocycles. The molecule has 0 bridgehead atoms. The summed E-state index contributed by atoms with van der Waals surface area (Å²) < 4.78 is 8.07. The highest BCUT2D eigenvalue weighted by Gasteiger charge is 2.26. The zero-order chi connectivity index (χ0) is 24.5. The molecule has 0 aromatic carbocycles. The fraction of sp³-hybridized carbons (Fsp3) is 0.593. The van der Waals surface area contributed by atoms with Crippen molar-refractivity contribution in [2.45, 2.75) is 59.2 Å². The second-order valence-corrected chi connectivity index (χ2v) is 15.3. The third-order valence-corrected chi connectivity index (χ3v) is 8.31. The highest BCUT2D eigenvalue weighted by atomic mass is 32.3. The molecule has 2 unspecified atom stereocenters. The van der Waals surface area contributed by atoms with Crippen LogP contribution in [0.1, 0.15) is 60.1 Å². The Hall–Kier alpha value is -1.96. The minimum absolute atomic E-state index is 0.306. The Balaban J connectivity index is 1.46. The van der Waals surface area contributed by atoms with Crippen LogP contribution in [0.15, 0.2) is 24.4 Å². The van der Waals surface area contributed by atoms with Gasteiger partial charge in [0, 0.05) is 35.9 Å². The Bertz CT molecular complexity index is 1120. The molecule has 4 heterocycles. The first-order chi connectivity index (χ1) is 16.1. The van der Waals surface area contributed by atoms with Crippen LogP contribution in [-0.2, 0) is 11.5 Å². The lowest BCUT2D eigenvalue weighted by molar-refractivity contribution is 0.0906. The largest absolute Gasteiger partial charge is 0.360 e. The zero-order valence-electron chi connectivity index (χ0n) is 22.0. The summed E-state index contributed by atoms with van der Waals surface area (Å²) in [4.78, 5) is 16.8. The van der Waals surface area contributed by atoms with E-state index in [9.17, 15) is 0 Å². The molecule has 3 aromatic rings. The fourth-order valence-electron chi connectivity index (χ4n) is 4.93. The van der Waals surface area contributed by atoms with Crippen molar-refractivity contribution in [3.63, 3.8) is 0 Å². The van der Waals surface area contributed by atoms with Crippen LogP contribution in [0.25, 0.3) is 11.2 Å².